The normalized spacial score (nSPS) is 16.1. The van der Waals surface area contributed by atoms with Gasteiger partial charge in [-0.2, -0.15) is 0 Å². The zero-order chi connectivity index (χ0) is 12.3. The molecule has 2 atom stereocenters. The summed E-state index contributed by atoms with van der Waals surface area (Å²) < 4.78 is 25.0. The molecule has 0 aliphatic carbocycles. The van der Waals surface area contributed by atoms with E-state index in [9.17, 15) is 8.42 Å². The Morgan fingerprint density at radius 2 is 1.69 bits per heavy atom. The quantitative estimate of drug-likeness (QED) is 0.855. The van der Waals surface area contributed by atoms with Crippen LogP contribution in [0.4, 0.5) is 0 Å². The van der Waals surface area contributed by atoms with E-state index < -0.39 is 21.3 Å². The van der Waals surface area contributed by atoms with Gasteiger partial charge >= 0.3 is 0 Å². The zero-order valence-electron chi connectivity index (χ0n) is 9.79. The van der Waals surface area contributed by atoms with E-state index in [1.54, 1.807) is 6.92 Å². The van der Waals surface area contributed by atoms with Gasteiger partial charge < -0.3 is 5.73 Å². The Bertz CT molecular complexity index is 429. The van der Waals surface area contributed by atoms with Crippen molar-refractivity contribution in [2.24, 2.45) is 5.73 Å². The molecule has 5 heteroatoms. The van der Waals surface area contributed by atoms with E-state index in [1.165, 1.54) is 18.4 Å². The van der Waals surface area contributed by atoms with E-state index in [1.807, 2.05) is 30.3 Å². The molecule has 4 nitrogen and oxygen atoms in total. The van der Waals surface area contributed by atoms with Crippen LogP contribution < -0.4 is 5.73 Å². The molecule has 0 bridgehead atoms. The average molecular weight is 242 g/mol. The van der Waals surface area contributed by atoms with E-state index in [2.05, 4.69) is 0 Å². The lowest BCUT2D eigenvalue weighted by molar-refractivity contribution is 0.495. The van der Waals surface area contributed by atoms with Crippen LogP contribution in [0.1, 0.15) is 18.5 Å². The van der Waals surface area contributed by atoms with Crippen LogP contribution in [0, 0.1) is 0 Å². The van der Waals surface area contributed by atoms with Crippen LogP contribution in [0.15, 0.2) is 30.3 Å². The molecule has 16 heavy (non-hydrogen) atoms. The fourth-order valence-corrected chi connectivity index (χ4v) is 2.66. The Hall–Kier alpha value is -0.910. The number of nitrogens with two attached hydrogens (primary N) is 1. The number of nitrogens with zero attached hydrogens (tertiary/aromatic N) is 1. The highest BCUT2D eigenvalue weighted by Crippen LogP contribution is 2.20. The first-order valence-electron chi connectivity index (χ1n) is 5.09. The summed E-state index contributed by atoms with van der Waals surface area (Å²) in [5.41, 5.74) is 6.79. The molecule has 0 aliphatic rings. The monoisotopic (exact) mass is 242 g/mol. The summed E-state index contributed by atoms with van der Waals surface area (Å²) in [6.45, 7) is 1.63. The number of benzene rings is 1. The van der Waals surface area contributed by atoms with Crippen molar-refractivity contribution in [2.45, 2.75) is 18.2 Å². The summed E-state index contributed by atoms with van der Waals surface area (Å²) >= 11 is 0. The van der Waals surface area contributed by atoms with Crippen LogP contribution in [0.5, 0.6) is 0 Å². The third-order valence-corrected chi connectivity index (χ3v) is 4.92. The first-order valence-corrected chi connectivity index (χ1v) is 6.59. The molecule has 1 aromatic rings. The molecule has 0 spiro atoms. The van der Waals surface area contributed by atoms with E-state index in [4.69, 9.17) is 5.73 Å². The predicted octanol–water partition coefficient (Wildman–Crippen LogP) is 0.966. The van der Waals surface area contributed by atoms with Gasteiger partial charge in [-0.15, -0.1) is 0 Å². The van der Waals surface area contributed by atoms with Gasteiger partial charge in [-0.3, -0.25) is 0 Å². The second-order valence-corrected chi connectivity index (χ2v) is 6.47. The molecule has 0 aromatic heterocycles. The van der Waals surface area contributed by atoms with Crippen LogP contribution in [-0.4, -0.2) is 32.1 Å². The standard InChI is InChI=1S/C11H18N2O2S/c1-9(16(14,15)13(2)3)11(12)10-7-5-4-6-8-10/h4-9,11H,12H2,1-3H3. The van der Waals surface area contributed by atoms with Crippen LogP contribution in [0.25, 0.3) is 0 Å². The lowest BCUT2D eigenvalue weighted by Gasteiger charge is -2.23. The number of hydrogen-bond acceptors (Lipinski definition) is 3. The highest BCUT2D eigenvalue weighted by molar-refractivity contribution is 7.89. The summed E-state index contributed by atoms with van der Waals surface area (Å²) in [5, 5.41) is -0.634. The zero-order valence-corrected chi connectivity index (χ0v) is 10.6. The van der Waals surface area contributed by atoms with Crippen LogP contribution >= 0.6 is 0 Å². The minimum Gasteiger partial charge on any atom is -0.323 e. The Labute approximate surface area is 97.1 Å². The third kappa shape index (κ3) is 2.61. The number of sulfonamides is 1. The summed E-state index contributed by atoms with van der Waals surface area (Å²) in [4.78, 5) is 0. The smallest absolute Gasteiger partial charge is 0.218 e. The first kappa shape index (κ1) is 13.2. The van der Waals surface area contributed by atoms with E-state index in [0.29, 0.717) is 0 Å². The van der Waals surface area contributed by atoms with Gasteiger partial charge in [0.25, 0.3) is 0 Å². The van der Waals surface area contributed by atoms with E-state index in [0.717, 1.165) is 5.56 Å². The summed E-state index contributed by atoms with van der Waals surface area (Å²) in [5.74, 6) is 0. The fourth-order valence-electron chi connectivity index (χ4n) is 1.46. The largest absolute Gasteiger partial charge is 0.323 e. The molecule has 2 unspecified atom stereocenters. The van der Waals surface area contributed by atoms with Crippen molar-refractivity contribution in [2.75, 3.05) is 14.1 Å². The van der Waals surface area contributed by atoms with Crippen LogP contribution in [-0.2, 0) is 10.0 Å². The number of hydrogen-bond donors (Lipinski definition) is 1. The van der Waals surface area contributed by atoms with Crippen molar-refractivity contribution in [3.8, 4) is 0 Å². The van der Waals surface area contributed by atoms with Crippen molar-refractivity contribution in [1.82, 2.24) is 4.31 Å². The van der Waals surface area contributed by atoms with Crippen molar-refractivity contribution < 1.29 is 8.42 Å². The summed E-state index contributed by atoms with van der Waals surface area (Å²) in [6.07, 6.45) is 0. The Morgan fingerprint density at radius 3 is 2.12 bits per heavy atom. The molecular formula is C11H18N2O2S. The van der Waals surface area contributed by atoms with E-state index in [-0.39, 0.29) is 0 Å². The Kier molecular flexibility index (Phi) is 4.07. The van der Waals surface area contributed by atoms with Gasteiger partial charge in [-0.25, -0.2) is 12.7 Å². The van der Waals surface area contributed by atoms with Crippen molar-refractivity contribution in [3.63, 3.8) is 0 Å². The highest BCUT2D eigenvalue weighted by atomic mass is 32.2. The van der Waals surface area contributed by atoms with Gasteiger partial charge in [0.05, 0.1) is 5.25 Å². The molecular weight excluding hydrogens is 224 g/mol. The molecule has 1 aromatic carbocycles. The molecule has 0 fully saturated rings. The lowest BCUT2D eigenvalue weighted by Crippen LogP contribution is -2.38. The molecule has 0 aliphatic heterocycles. The maximum Gasteiger partial charge on any atom is 0.218 e. The average Bonchev–Trinajstić information content (AvgIpc) is 2.28. The van der Waals surface area contributed by atoms with Crippen LogP contribution in [0.3, 0.4) is 0 Å². The molecule has 2 N–H and O–H groups in total. The molecule has 0 saturated heterocycles. The minimum absolute atomic E-state index is 0.506. The van der Waals surface area contributed by atoms with Gasteiger partial charge in [0.2, 0.25) is 10.0 Å². The van der Waals surface area contributed by atoms with E-state index >= 15 is 0 Å². The Morgan fingerprint density at radius 1 is 1.19 bits per heavy atom. The fraction of sp³-hybridized carbons (Fsp3) is 0.455. The predicted molar refractivity (Wildman–Crippen MR) is 65.4 cm³/mol. The minimum atomic E-state index is -3.32. The molecule has 0 radical (unpaired) electrons. The topological polar surface area (TPSA) is 63.4 Å². The maximum absolute atomic E-state index is 11.9. The molecule has 0 saturated carbocycles. The van der Waals surface area contributed by atoms with Crippen molar-refractivity contribution in [3.05, 3.63) is 35.9 Å². The summed E-state index contributed by atoms with van der Waals surface area (Å²) in [7, 11) is -0.281. The second kappa shape index (κ2) is 4.95. The molecule has 0 amide bonds. The highest BCUT2D eigenvalue weighted by Gasteiger charge is 2.29. The van der Waals surface area contributed by atoms with Gasteiger partial charge in [-0.05, 0) is 12.5 Å². The second-order valence-electron chi connectivity index (χ2n) is 3.97. The van der Waals surface area contributed by atoms with Gasteiger partial charge in [0.15, 0.2) is 0 Å². The van der Waals surface area contributed by atoms with Crippen molar-refractivity contribution >= 4 is 10.0 Å². The first-order chi connectivity index (χ1) is 7.37. The van der Waals surface area contributed by atoms with Crippen molar-refractivity contribution in [1.29, 1.82) is 0 Å². The third-order valence-electron chi connectivity index (χ3n) is 2.67. The van der Waals surface area contributed by atoms with Gasteiger partial charge in [-0.1, -0.05) is 30.3 Å². The van der Waals surface area contributed by atoms with Gasteiger partial charge in [0, 0.05) is 20.1 Å². The summed E-state index contributed by atoms with van der Waals surface area (Å²) in [6, 6.07) is 8.75. The maximum atomic E-state index is 11.9. The van der Waals surface area contributed by atoms with Crippen LogP contribution in [0.2, 0.25) is 0 Å². The lowest BCUT2D eigenvalue weighted by atomic mass is 10.1. The molecule has 90 valence electrons. The number of rotatable bonds is 4. The SMILES string of the molecule is CC(C(N)c1ccccc1)S(=O)(=O)N(C)C. The Balaban J connectivity index is 2.96. The molecule has 1 rings (SSSR count). The molecule has 0 heterocycles. The van der Waals surface area contributed by atoms with Gasteiger partial charge in [0.1, 0.15) is 0 Å².